The maximum atomic E-state index is 13.4. The Hall–Kier alpha value is -3.72. The van der Waals surface area contributed by atoms with Crippen molar-refractivity contribution in [3.63, 3.8) is 0 Å². The third kappa shape index (κ3) is 3.75. The Bertz CT molecular complexity index is 1320. The molecule has 31 heavy (non-hydrogen) atoms. The van der Waals surface area contributed by atoms with Crippen LogP contribution in [0.1, 0.15) is 55.6 Å². The van der Waals surface area contributed by atoms with Gasteiger partial charge in [-0.1, -0.05) is 55.8 Å². The van der Waals surface area contributed by atoms with Gasteiger partial charge in [0.05, 0.1) is 17.3 Å². The highest BCUT2D eigenvalue weighted by atomic mass is 16.1. The van der Waals surface area contributed by atoms with E-state index in [1.807, 2.05) is 66.9 Å². The summed E-state index contributed by atoms with van der Waals surface area (Å²) >= 11 is 0. The highest BCUT2D eigenvalue weighted by Crippen LogP contribution is 2.24. The van der Waals surface area contributed by atoms with Crippen LogP contribution in [-0.2, 0) is 12.8 Å². The van der Waals surface area contributed by atoms with Crippen LogP contribution in [0.25, 0.3) is 16.9 Å². The summed E-state index contributed by atoms with van der Waals surface area (Å²) in [6.07, 6.45) is 3.71. The van der Waals surface area contributed by atoms with Gasteiger partial charge in [-0.15, -0.1) is 0 Å². The topological polar surface area (TPSA) is 76.0 Å². The van der Waals surface area contributed by atoms with Gasteiger partial charge in [0.15, 0.2) is 0 Å². The molecule has 6 nitrogen and oxygen atoms in total. The first-order valence-electron chi connectivity index (χ1n) is 10.6. The lowest BCUT2D eigenvalue weighted by Gasteiger charge is -2.17. The van der Waals surface area contributed by atoms with E-state index in [1.165, 1.54) is 6.33 Å². The van der Waals surface area contributed by atoms with Crippen molar-refractivity contribution in [2.75, 3.05) is 0 Å². The van der Waals surface area contributed by atoms with Crippen LogP contribution in [-0.4, -0.2) is 19.2 Å². The normalized spacial score (nSPS) is 11.2. The molecule has 0 aliphatic carbocycles. The van der Waals surface area contributed by atoms with Crippen LogP contribution in [0.4, 0.5) is 0 Å². The second-order valence-corrected chi connectivity index (χ2v) is 7.95. The average Bonchev–Trinajstić information content (AvgIpc) is 3.25. The van der Waals surface area contributed by atoms with E-state index in [-0.39, 0.29) is 11.6 Å². The first kappa shape index (κ1) is 20.5. The van der Waals surface area contributed by atoms with Crippen LogP contribution in [0.2, 0.25) is 0 Å². The van der Waals surface area contributed by atoms with Crippen molar-refractivity contribution in [3.05, 3.63) is 87.6 Å². The fourth-order valence-corrected chi connectivity index (χ4v) is 4.05. The van der Waals surface area contributed by atoms with E-state index < -0.39 is 0 Å². The monoisotopic (exact) mass is 411 g/mol. The maximum absolute atomic E-state index is 13.4. The molecule has 0 spiro atoms. The lowest BCUT2D eigenvalue weighted by molar-refractivity contribution is 0.567. The van der Waals surface area contributed by atoms with Crippen molar-refractivity contribution in [3.8, 4) is 17.2 Å². The lowest BCUT2D eigenvalue weighted by atomic mass is 9.97. The van der Waals surface area contributed by atoms with Gasteiger partial charge >= 0.3 is 0 Å². The predicted octanol–water partition coefficient (Wildman–Crippen LogP) is 4.55. The molecule has 0 radical (unpaired) electrons. The van der Waals surface area contributed by atoms with Gasteiger partial charge in [0.25, 0.3) is 5.56 Å². The van der Waals surface area contributed by atoms with E-state index in [1.54, 1.807) is 4.57 Å². The zero-order chi connectivity index (χ0) is 22.0. The smallest absolute Gasteiger partial charge is 0.258 e. The first-order valence-corrected chi connectivity index (χ1v) is 10.6. The largest absolute Gasteiger partial charge is 0.274 e. The molecule has 0 aliphatic rings. The summed E-state index contributed by atoms with van der Waals surface area (Å²) in [6, 6.07) is 17.9. The van der Waals surface area contributed by atoms with Gasteiger partial charge in [0, 0.05) is 18.0 Å². The quantitative estimate of drug-likeness (QED) is 0.466. The zero-order valence-corrected chi connectivity index (χ0v) is 18.0. The van der Waals surface area contributed by atoms with E-state index >= 15 is 0 Å². The molecule has 156 valence electrons. The van der Waals surface area contributed by atoms with Crippen LogP contribution >= 0.6 is 0 Å². The molecular formula is C25H25N5O. The Morgan fingerprint density at radius 2 is 1.84 bits per heavy atom. The van der Waals surface area contributed by atoms with Gasteiger partial charge in [-0.3, -0.25) is 9.36 Å². The van der Waals surface area contributed by atoms with Gasteiger partial charge in [0.2, 0.25) is 5.78 Å². The summed E-state index contributed by atoms with van der Waals surface area (Å²) in [4.78, 5) is 17.8. The van der Waals surface area contributed by atoms with E-state index in [4.69, 9.17) is 0 Å². The number of hydrogen-bond acceptors (Lipinski definition) is 4. The van der Waals surface area contributed by atoms with Crippen LogP contribution in [0, 0.1) is 11.3 Å². The Morgan fingerprint density at radius 1 is 1.10 bits per heavy atom. The highest BCUT2D eigenvalue weighted by Gasteiger charge is 2.20. The molecule has 2 heterocycles. The molecule has 0 bridgehead atoms. The molecule has 6 heteroatoms. The Morgan fingerprint density at radius 3 is 2.52 bits per heavy atom. The minimum absolute atomic E-state index is 0.00199. The molecule has 0 saturated carbocycles. The SMILES string of the molecule is CCCc1c(Cc2ccc(-c3ccccc3C#N)cc2)c(=O)n(C(C)C)c2ncnn12. The summed E-state index contributed by atoms with van der Waals surface area (Å²) in [6.45, 7) is 6.07. The molecule has 4 aromatic rings. The van der Waals surface area contributed by atoms with Crippen molar-refractivity contribution in [1.29, 1.82) is 5.26 Å². The fraction of sp³-hybridized carbons (Fsp3) is 0.280. The van der Waals surface area contributed by atoms with E-state index in [0.717, 1.165) is 40.8 Å². The molecule has 4 rings (SSSR count). The molecule has 0 aliphatic heterocycles. The summed E-state index contributed by atoms with van der Waals surface area (Å²) in [7, 11) is 0. The van der Waals surface area contributed by atoms with Gasteiger partial charge < -0.3 is 0 Å². The number of aryl methyl sites for hydroxylation is 1. The number of hydrogen-bond donors (Lipinski definition) is 0. The van der Waals surface area contributed by atoms with Crippen molar-refractivity contribution < 1.29 is 0 Å². The van der Waals surface area contributed by atoms with Gasteiger partial charge in [-0.05, 0) is 43.0 Å². The second-order valence-electron chi connectivity index (χ2n) is 7.95. The molecule has 2 aromatic carbocycles. The summed E-state index contributed by atoms with van der Waals surface area (Å²) < 4.78 is 3.54. The summed E-state index contributed by atoms with van der Waals surface area (Å²) in [5.41, 5.74) is 5.28. The van der Waals surface area contributed by atoms with Gasteiger partial charge in [-0.25, -0.2) is 4.52 Å². The number of nitrogens with zero attached hydrogens (tertiary/aromatic N) is 5. The fourth-order valence-electron chi connectivity index (χ4n) is 4.05. The number of benzene rings is 2. The molecule has 0 atom stereocenters. The minimum Gasteiger partial charge on any atom is -0.274 e. The van der Waals surface area contributed by atoms with Crippen molar-refractivity contribution in [1.82, 2.24) is 19.2 Å². The summed E-state index contributed by atoms with van der Waals surface area (Å²) in [5, 5.41) is 13.8. The third-order valence-electron chi connectivity index (χ3n) is 5.52. The van der Waals surface area contributed by atoms with E-state index in [2.05, 4.69) is 23.1 Å². The number of fused-ring (bicyclic) bond motifs is 1. The molecule has 0 amide bonds. The second kappa shape index (κ2) is 8.57. The van der Waals surface area contributed by atoms with Crippen molar-refractivity contribution in [2.24, 2.45) is 0 Å². The molecule has 2 aromatic heterocycles. The Kier molecular flexibility index (Phi) is 5.68. The highest BCUT2D eigenvalue weighted by molar-refractivity contribution is 5.70. The van der Waals surface area contributed by atoms with Crippen LogP contribution in [0.3, 0.4) is 0 Å². The Labute approximate surface area is 181 Å². The number of rotatable bonds is 6. The number of aromatic nitrogens is 4. The van der Waals surface area contributed by atoms with Gasteiger partial charge in [-0.2, -0.15) is 15.3 Å². The van der Waals surface area contributed by atoms with E-state index in [0.29, 0.717) is 17.8 Å². The number of nitriles is 1. The molecule has 0 saturated heterocycles. The third-order valence-corrected chi connectivity index (χ3v) is 5.52. The van der Waals surface area contributed by atoms with Crippen LogP contribution in [0.5, 0.6) is 0 Å². The molecule has 0 unspecified atom stereocenters. The first-order chi connectivity index (χ1) is 15.0. The maximum Gasteiger partial charge on any atom is 0.258 e. The lowest BCUT2D eigenvalue weighted by Crippen LogP contribution is -2.30. The van der Waals surface area contributed by atoms with Crippen LogP contribution < -0.4 is 5.56 Å². The molecular weight excluding hydrogens is 386 g/mol. The van der Waals surface area contributed by atoms with Gasteiger partial charge in [0.1, 0.15) is 6.33 Å². The van der Waals surface area contributed by atoms with Crippen LogP contribution in [0.15, 0.2) is 59.7 Å². The zero-order valence-electron chi connectivity index (χ0n) is 18.0. The van der Waals surface area contributed by atoms with Crippen molar-refractivity contribution in [2.45, 2.75) is 46.1 Å². The standard InChI is InChI=1S/C25H25N5O/c1-4-7-23-22(24(31)29(17(2)3)25-27-16-28-30(23)25)14-18-10-12-19(13-11-18)21-9-6-5-8-20(21)15-26/h5-6,8-13,16-17H,4,7,14H2,1-3H3. The minimum atomic E-state index is -0.0153. The average molecular weight is 412 g/mol. The molecule has 0 N–H and O–H groups in total. The predicted molar refractivity (Wildman–Crippen MR) is 121 cm³/mol. The summed E-state index contributed by atoms with van der Waals surface area (Å²) in [5.74, 6) is 0.593. The Balaban J connectivity index is 1.78. The van der Waals surface area contributed by atoms with E-state index in [9.17, 15) is 10.1 Å². The molecule has 0 fully saturated rings. The van der Waals surface area contributed by atoms with Crippen molar-refractivity contribution >= 4 is 5.78 Å².